The monoisotopic (exact) mass is 550 g/mol. The fourth-order valence-corrected chi connectivity index (χ4v) is 6.70. The number of para-hydroxylation sites is 2. The van der Waals surface area contributed by atoms with Gasteiger partial charge in [0.1, 0.15) is 5.82 Å². The van der Waals surface area contributed by atoms with E-state index in [-0.39, 0.29) is 23.1 Å². The van der Waals surface area contributed by atoms with Crippen LogP contribution in [0.3, 0.4) is 0 Å². The number of rotatable bonds is 7. The molecule has 1 amide bonds. The molecular weight excluding hydrogens is 520 g/mol. The summed E-state index contributed by atoms with van der Waals surface area (Å²) in [5.41, 5.74) is 5.63. The number of H-pyrrole nitrogens is 1. The number of carbonyl (C=O) groups excluding carboxylic acids is 1. The lowest BCUT2D eigenvalue weighted by atomic mass is 9.97. The molecule has 0 spiro atoms. The van der Waals surface area contributed by atoms with E-state index in [1.54, 1.807) is 28.6 Å². The molecule has 40 heavy (non-hydrogen) atoms. The second kappa shape index (κ2) is 11.1. The Morgan fingerprint density at radius 2 is 1.48 bits per heavy atom. The van der Waals surface area contributed by atoms with Crippen LogP contribution in [0, 0.1) is 0 Å². The van der Waals surface area contributed by atoms with Gasteiger partial charge in [-0.25, -0.2) is 13.4 Å². The minimum Gasteiger partial charge on any atom is -0.342 e. The molecule has 7 nitrogen and oxygen atoms in total. The zero-order valence-corrected chi connectivity index (χ0v) is 22.8. The first-order chi connectivity index (χ1) is 19.5. The number of nitrogens with zero attached hydrogens (tertiary/aromatic N) is 2. The van der Waals surface area contributed by atoms with E-state index in [0.717, 1.165) is 33.5 Å². The third-order valence-corrected chi connectivity index (χ3v) is 9.36. The predicted octanol–water partition coefficient (Wildman–Crippen LogP) is 5.98. The lowest BCUT2D eigenvalue weighted by Crippen LogP contribution is -2.38. The van der Waals surface area contributed by atoms with Gasteiger partial charge in [0.2, 0.25) is 15.9 Å². The van der Waals surface area contributed by atoms with Crippen LogP contribution >= 0.6 is 0 Å². The fraction of sp³-hybridized carbons (Fsp3) is 0.188. The molecule has 6 rings (SSSR count). The molecular formula is C32H30N4O3S. The molecule has 1 aromatic heterocycles. The summed E-state index contributed by atoms with van der Waals surface area (Å²) in [7, 11) is -3.62. The van der Waals surface area contributed by atoms with Crippen LogP contribution in [0.2, 0.25) is 0 Å². The van der Waals surface area contributed by atoms with Crippen molar-refractivity contribution in [3.8, 4) is 11.1 Å². The number of amides is 1. The zero-order chi connectivity index (χ0) is 27.5. The summed E-state index contributed by atoms with van der Waals surface area (Å²) in [5.74, 6) is 0.965. The van der Waals surface area contributed by atoms with E-state index in [2.05, 4.69) is 22.4 Å². The number of aromatic amines is 1. The molecule has 202 valence electrons. The van der Waals surface area contributed by atoms with Crippen LogP contribution in [-0.2, 0) is 21.2 Å². The lowest BCUT2D eigenvalue weighted by Gasteiger charge is -2.30. The van der Waals surface area contributed by atoms with Crippen LogP contribution in [0.15, 0.2) is 108 Å². The van der Waals surface area contributed by atoms with Crippen molar-refractivity contribution in [3.05, 3.63) is 115 Å². The quantitative estimate of drug-likeness (QED) is 0.261. The van der Waals surface area contributed by atoms with Gasteiger partial charge in [-0.3, -0.25) is 4.79 Å². The largest absolute Gasteiger partial charge is 0.342 e. The summed E-state index contributed by atoms with van der Waals surface area (Å²) in [6, 6.07) is 32.3. The first kappa shape index (κ1) is 26.0. The predicted molar refractivity (Wildman–Crippen MR) is 157 cm³/mol. The summed E-state index contributed by atoms with van der Waals surface area (Å²) in [4.78, 5) is 20.9. The Morgan fingerprint density at radius 1 is 0.825 bits per heavy atom. The van der Waals surface area contributed by atoms with Gasteiger partial charge in [0, 0.05) is 24.7 Å². The van der Waals surface area contributed by atoms with Gasteiger partial charge in [0.15, 0.2) is 0 Å². The number of piperidine rings is 1. The van der Waals surface area contributed by atoms with Crippen molar-refractivity contribution in [2.75, 3.05) is 18.4 Å². The van der Waals surface area contributed by atoms with Crippen LogP contribution < -0.4 is 5.32 Å². The number of fused-ring (bicyclic) bond motifs is 1. The Balaban J connectivity index is 1.04. The Morgan fingerprint density at radius 3 is 2.17 bits per heavy atom. The van der Waals surface area contributed by atoms with Crippen LogP contribution in [0.4, 0.5) is 5.69 Å². The Bertz CT molecular complexity index is 1690. The SMILES string of the molecule is O=C(Cc1ccc(-c2ccccc2)cc1)Nc1ccc(S(=O)(=O)N2CCC(c3nc4ccccc4[nH]3)CC2)cc1. The third kappa shape index (κ3) is 5.54. The number of benzene rings is 4. The number of anilines is 1. The van der Waals surface area contributed by atoms with Gasteiger partial charge < -0.3 is 10.3 Å². The maximum absolute atomic E-state index is 13.3. The average Bonchev–Trinajstić information content (AvgIpc) is 3.43. The highest BCUT2D eigenvalue weighted by Gasteiger charge is 2.31. The molecule has 0 saturated carbocycles. The molecule has 1 saturated heterocycles. The second-order valence-electron chi connectivity index (χ2n) is 10.1. The molecule has 4 aromatic carbocycles. The van der Waals surface area contributed by atoms with Crippen molar-refractivity contribution in [2.24, 2.45) is 0 Å². The summed E-state index contributed by atoms with van der Waals surface area (Å²) in [5, 5.41) is 2.87. The van der Waals surface area contributed by atoms with Gasteiger partial charge in [-0.15, -0.1) is 0 Å². The van der Waals surface area contributed by atoms with E-state index >= 15 is 0 Å². The highest BCUT2D eigenvalue weighted by molar-refractivity contribution is 7.89. The standard InChI is InChI=1S/C32H30N4O3S/c37-31(22-23-10-12-25(13-11-23)24-6-2-1-3-7-24)33-27-14-16-28(17-15-27)40(38,39)36-20-18-26(19-21-36)32-34-29-8-4-5-9-30(29)35-32/h1-17,26H,18-22H2,(H,33,37)(H,34,35). The van der Waals surface area contributed by atoms with Gasteiger partial charge in [0.25, 0.3) is 0 Å². The minimum absolute atomic E-state index is 0.157. The maximum atomic E-state index is 13.3. The smallest absolute Gasteiger partial charge is 0.243 e. The van der Waals surface area contributed by atoms with Crippen molar-refractivity contribution < 1.29 is 13.2 Å². The van der Waals surface area contributed by atoms with Crippen molar-refractivity contribution in [1.82, 2.24) is 14.3 Å². The number of carbonyl (C=O) groups is 1. The molecule has 0 bridgehead atoms. The topological polar surface area (TPSA) is 95.2 Å². The summed E-state index contributed by atoms with van der Waals surface area (Å²) in [6.07, 6.45) is 1.65. The number of imidazole rings is 1. The molecule has 0 radical (unpaired) electrons. The fourth-order valence-electron chi connectivity index (χ4n) is 5.23. The number of sulfonamides is 1. The Labute approximate surface area is 233 Å². The second-order valence-corrected chi connectivity index (χ2v) is 12.1. The van der Waals surface area contributed by atoms with E-state index in [1.807, 2.05) is 66.7 Å². The Hall–Kier alpha value is -4.27. The lowest BCUT2D eigenvalue weighted by molar-refractivity contribution is -0.115. The number of hydrogen-bond donors (Lipinski definition) is 2. The highest BCUT2D eigenvalue weighted by atomic mass is 32.2. The van der Waals surface area contributed by atoms with E-state index in [9.17, 15) is 13.2 Å². The number of hydrogen-bond acceptors (Lipinski definition) is 4. The molecule has 5 aromatic rings. The van der Waals surface area contributed by atoms with Crippen LogP contribution in [0.1, 0.15) is 30.1 Å². The van der Waals surface area contributed by atoms with Crippen molar-refractivity contribution >= 4 is 32.7 Å². The molecule has 1 aliphatic rings. The summed E-state index contributed by atoms with van der Waals surface area (Å²) in [6.45, 7) is 0.872. The van der Waals surface area contributed by atoms with Crippen molar-refractivity contribution in [2.45, 2.75) is 30.1 Å². The number of nitrogens with one attached hydrogen (secondary N) is 2. The van der Waals surface area contributed by atoms with E-state index < -0.39 is 10.0 Å². The summed E-state index contributed by atoms with van der Waals surface area (Å²) < 4.78 is 28.1. The normalized spacial score (nSPS) is 14.8. The van der Waals surface area contributed by atoms with E-state index in [0.29, 0.717) is 31.6 Å². The maximum Gasteiger partial charge on any atom is 0.243 e. The van der Waals surface area contributed by atoms with Crippen LogP contribution in [0.5, 0.6) is 0 Å². The Kier molecular flexibility index (Phi) is 7.19. The minimum atomic E-state index is -3.62. The number of aromatic nitrogens is 2. The third-order valence-electron chi connectivity index (χ3n) is 7.45. The molecule has 2 N–H and O–H groups in total. The average molecular weight is 551 g/mol. The van der Waals surface area contributed by atoms with E-state index in [1.165, 1.54) is 0 Å². The molecule has 8 heteroatoms. The molecule has 1 fully saturated rings. The van der Waals surface area contributed by atoms with E-state index in [4.69, 9.17) is 4.98 Å². The van der Waals surface area contributed by atoms with Crippen LogP contribution in [0.25, 0.3) is 22.2 Å². The van der Waals surface area contributed by atoms with Gasteiger partial charge in [-0.1, -0.05) is 66.7 Å². The highest BCUT2D eigenvalue weighted by Crippen LogP contribution is 2.31. The van der Waals surface area contributed by atoms with Gasteiger partial charge in [0.05, 0.1) is 22.3 Å². The molecule has 1 aliphatic heterocycles. The van der Waals surface area contributed by atoms with Gasteiger partial charge >= 0.3 is 0 Å². The molecule has 0 aliphatic carbocycles. The molecule has 0 unspecified atom stereocenters. The zero-order valence-electron chi connectivity index (χ0n) is 22.0. The van der Waals surface area contributed by atoms with Crippen molar-refractivity contribution in [1.29, 1.82) is 0 Å². The first-order valence-corrected chi connectivity index (χ1v) is 14.9. The molecule has 0 atom stereocenters. The van der Waals surface area contributed by atoms with Gasteiger partial charge in [-0.05, 0) is 65.9 Å². The molecule has 2 heterocycles. The van der Waals surface area contributed by atoms with Crippen LogP contribution in [-0.4, -0.2) is 41.7 Å². The summed E-state index contributed by atoms with van der Waals surface area (Å²) >= 11 is 0. The van der Waals surface area contributed by atoms with Crippen molar-refractivity contribution in [3.63, 3.8) is 0 Å². The first-order valence-electron chi connectivity index (χ1n) is 13.4. The van der Waals surface area contributed by atoms with Gasteiger partial charge in [-0.2, -0.15) is 4.31 Å².